The number of nitrogens with zero attached hydrogens (tertiary/aromatic N) is 3. The van der Waals surface area contributed by atoms with Gasteiger partial charge < -0.3 is 4.74 Å². The van der Waals surface area contributed by atoms with Crippen molar-refractivity contribution in [2.45, 2.75) is 32.9 Å². The van der Waals surface area contributed by atoms with Crippen LogP contribution >= 0.6 is 0 Å². The zero-order valence-corrected chi connectivity index (χ0v) is 12.3. The van der Waals surface area contributed by atoms with Crippen LogP contribution in [0, 0.1) is 6.92 Å². The Morgan fingerprint density at radius 3 is 2.70 bits per heavy atom. The lowest BCUT2D eigenvalue weighted by atomic mass is 10.0. The van der Waals surface area contributed by atoms with Crippen molar-refractivity contribution in [3.05, 3.63) is 41.5 Å². The van der Waals surface area contributed by atoms with Crippen LogP contribution in [0.25, 0.3) is 0 Å². The Morgan fingerprint density at radius 2 is 2.15 bits per heavy atom. The molecule has 1 atom stereocenters. The summed E-state index contributed by atoms with van der Waals surface area (Å²) in [5.74, 6) is 6.47. The number of nitrogens with one attached hydrogen (secondary N) is 1. The van der Waals surface area contributed by atoms with E-state index in [1.807, 2.05) is 23.7 Å². The van der Waals surface area contributed by atoms with Gasteiger partial charge in [-0.2, -0.15) is 5.10 Å². The fraction of sp³-hybridized carbons (Fsp3) is 0.429. The first-order valence-corrected chi connectivity index (χ1v) is 6.59. The summed E-state index contributed by atoms with van der Waals surface area (Å²) >= 11 is 0. The van der Waals surface area contributed by atoms with E-state index >= 15 is 0 Å². The summed E-state index contributed by atoms with van der Waals surface area (Å²) in [6.45, 7) is 6.14. The van der Waals surface area contributed by atoms with Gasteiger partial charge in [-0.15, -0.1) is 0 Å². The second-order valence-electron chi connectivity index (χ2n) is 4.94. The van der Waals surface area contributed by atoms with Crippen LogP contribution in [0.15, 0.2) is 24.5 Å². The summed E-state index contributed by atoms with van der Waals surface area (Å²) in [5.41, 5.74) is 5.64. The number of hydrogen-bond acceptors (Lipinski definition) is 5. The predicted octanol–water partition coefficient (Wildman–Crippen LogP) is 1.73. The van der Waals surface area contributed by atoms with Crippen molar-refractivity contribution < 1.29 is 4.74 Å². The number of aromatic nitrogens is 3. The summed E-state index contributed by atoms with van der Waals surface area (Å²) in [5, 5.41) is 4.38. The summed E-state index contributed by atoms with van der Waals surface area (Å²) < 4.78 is 7.31. The van der Waals surface area contributed by atoms with Crippen molar-refractivity contribution in [1.82, 2.24) is 20.2 Å². The SMILES string of the molecule is COc1cnn(C(C)C)c1C(NN)c1ncccc1C. The molecule has 0 saturated carbocycles. The molecule has 2 heterocycles. The lowest BCUT2D eigenvalue weighted by Gasteiger charge is -2.21. The third-order valence-corrected chi connectivity index (χ3v) is 3.27. The molecule has 2 rings (SSSR count). The lowest BCUT2D eigenvalue weighted by Crippen LogP contribution is -2.32. The molecule has 0 saturated heterocycles. The zero-order valence-electron chi connectivity index (χ0n) is 12.3. The normalized spacial score (nSPS) is 12.7. The molecule has 108 valence electrons. The van der Waals surface area contributed by atoms with Crippen LogP contribution in [-0.2, 0) is 0 Å². The number of ether oxygens (including phenoxy) is 1. The minimum Gasteiger partial charge on any atom is -0.493 e. The molecule has 6 heteroatoms. The van der Waals surface area contributed by atoms with Gasteiger partial charge in [0.25, 0.3) is 0 Å². The molecule has 3 N–H and O–H groups in total. The summed E-state index contributed by atoms with van der Waals surface area (Å²) in [6.07, 6.45) is 3.47. The second kappa shape index (κ2) is 6.02. The van der Waals surface area contributed by atoms with Gasteiger partial charge in [-0.3, -0.25) is 15.5 Å². The Bertz CT molecular complexity index is 579. The maximum atomic E-state index is 5.77. The predicted molar refractivity (Wildman–Crippen MR) is 77.3 cm³/mol. The zero-order chi connectivity index (χ0) is 14.7. The van der Waals surface area contributed by atoms with E-state index in [0.717, 1.165) is 17.0 Å². The monoisotopic (exact) mass is 275 g/mol. The van der Waals surface area contributed by atoms with E-state index in [4.69, 9.17) is 10.6 Å². The Kier molecular flexibility index (Phi) is 4.36. The highest BCUT2D eigenvalue weighted by molar-refractivity contribution is 5.36. The quantitative estimate of drug-likeness (QED) is 0.642. The van der Waals surface area contributed by atoms with Crippen molar-refractivity contribution in [3.8, 4) is 5.75 Å². The van der Waals surface area contributed by atoms with Crippen molar-refractivity contribution in [2.24, 2.45) is 5.84 Å². The number of methoxy groups -OCH3 is 1. The van der Waals surface area contributed by atoms with Crippen LogP contribution in [0.5, 0.6) is 5.75 Å². The van der Waals surface area contributed by atoms with Gasteiger partial charge in [0.1, 0.15) is 11.7 Å². The van der Waals surface area contributed by atoms with Gasteiger partial charge in [0.15, 0.2) is 5.75 Å². The Balaban J connectivity index is 2.57. The Hall–Kier alpha value is -1.92. The highest BCUT2D eigenvalue weighted by Crippen LogP contribution is 2.31. The second-order valence-corrected chi connectivity index (χ2v) is 4.94. The highest BCUT2D eigenvalue weighted by Gasteiger charge is 2.25. The molecular formula is C14H21N5O. The molecule has 0 amide bonds. The van der Waals surface area contributed by atoms with Crippen LogP contribution in [-0.4, -0.2) is 21.9 Å². The van der Waals surface area contributed by atoms with Crippen LogP contribution < -0.4 is 16.0 Å². The summed E-state index contributed by atoms with van der Waals surface area (Å²) in [4.78, 5) is 4.44. The minimum absolute atomic E-state index is 0.203. The molecule has 0 aliphatic rings. The van der Waals surface area contributed by atoms with Gasteiger partial charge in [-0.1, -0.05) is 6.07 Å². The van der Waals surface area contributed by atoms with Gasteiger partial charge >= 0.3 is 0 Å². The summed E-state index contributed by atoms with van der Waals surface area (Å²) in [7, 11) is 1.63. The standard InChI is InChI=1S/C14H21N5O/c1-9(2)19-14(11(20-4)8-17-19)13(18-15)12-10(3)6-5-7-16-12/h5-9,13,18H,15H2,1-4H3. The number of pyridine rings is 1. The van der Waals surface area contributed by atoms with Gasteiger partial charge in [0, 0.05) is 12.2 Å². The molecule has 6 nitrogen and oxygen atoms in total. The third kappa shape index (κ3) is 2.52. The van der Waals surface area contributed by atoms with E-state index in [1.54, 1.807) is 19.5 Å². The van der Waals surface area contributed by atoms with E-state index in [2.05, 4.69) is 29.4 Å². The fourth-order valence-corrected chi connectivity index (χ4v) is 2.29. The molecule has 0 bridgehead atoms. The average Bonchev–Trinajstić information content (AvgIpc) is 2.86. The first-order chi connectivity index (χ1) is 9.60. The molecule has 2 aromatic rings. The van der Waals surface area contributed by atoms with E-state index < -0.39 is 0 Å². The number of hydrogen-bond donors (Lipinski definition) is 2. The largest absolute Gasteiger partial charge is 0.493 e. The number of hydrazine groups is 1. The average molecular weight is 275 g/mol. The molecule has 20 heavy (non-hydrogen) atoms. The van der Waals surface area contributed by atoms with Crippen molar-refractivity contribution in [2.75, 3.05) is 7.11 Å². The van der Waals surface area contributed by atoms with E-state index in [0.29, 0.717) is 5.75 Å². The summed E-state index contributed by atoms with van der Waals surface area (Å²) in [6, 6.07) is 3.85. The van der Waals surface area contributed by atoms with Crippen LogP contribution in [0.3, 0.4) is 0 Å². The first-order valence-electron chi connectivity index (χ1n) is 6.59. The number of nitrogens with two attached hydrogens (primary N) is 1. The molecule has 2 aromatic heterocycles. The molecule has 1 unspecified atom stereocenters. The molecule has 0 fully saturated rings. The van der Waals surface area contributed by atoms with Crippen molar-refractivity contribution >= 4 is 0 Å². The van der Waals surface area contributed by atoms with Crippen LogP contribution in [0.4, 0.5) is 0 Å². The van der Waals surface area contributed by atoms with Gasteiger partial charge in [-0.25, -0.2) is 5.43 Å². The van der Waals surface area contributed by atoms with Crippen molar-refractivity contribution in [1.29, 1.82) is 0 Å². The molecular weight excluding hydrogens is 254 g/mol. The topological polar surface area (TPSA) is 78.0 Å². The first kappa shape index (κ1) is 14.5. The number of rotatable bonds is 5. The van der Waals surface area contributed by atoms with E-state index in [1.165, 1.54) is 0 Å². The van der Waals surface area contributed by atoms with Gasteiger partial charge in [-0.05, 0) is 32.4 Å². The molecule has 0 radical (unpaired) electrons. The van der Waals surface area contributed by atoms with Crippen molar-refractivity contribution in [3.63, 3.8) is 0 Å². The Morgan fingerprint density at radius 1 is 1.40 bits per heavy atom. The molecule has 0 spiro atoms. The Labute approximate surface area is 118 Å². The third-order valence-electron chi connectivity index (χ3n) is 3.27. The van der Waals surface area contributed by atoms with Gasteiger partial charge in [0.2, 0.25) is 0 Å². The molecule has 0 aliphatic carbocycles. The maximum Gasteiger partial charge on any atom is 0.162 e. The maximum absolute atomic E-state index is 5.77. The minimum atomic E-state index is -0.268. The fourth-order valence-electron chi connectivity index (χ4n) is 2.29. The van der Waals surface area contributed by atoms with E-state index in [-0.39, 0.29) is 12.1 Å². The van der Waals surface area contributed by atoms with Gasteiger partial charge in [0.05, 0.1) is 19.0 Å². The van der Waals surface area contributed by atoms with E-state index in [9.17, 15) is 0 Å². The molecule has 0 aliphatic heterocycles. The highest BCUT2D eigenvalue weighted by atomic mass is 16.5. The smallest absolute Gasteiger partial charge is 0.162 e. The number of aryl methyl sites for hydroxylation is 1. The lowest BCUT2D eigenvalue weighted by molar-refractivity contribution is 0.393. The van der Waals surface area contributed by atoms with Crippen LogP contribution in [0.1, 0.15) is 42.9 Å². The van der Waals surface area contributed by atoms with Crippen LogP contribution in [0.2, 0.25) is 0 Å². The molecule has 0 aromatic carbocycles.